The second-order valence-corrected chi connectivity index (χ2v) is 2.62. The summed E-state index contributed by atoms with van der Waals surface area (Å²) in [4.78, 5) is 11.2. The van der Waals surface area contributed by atoms with Crippen LogP contribution in [-0.2, 0) is 4.74 Å². The smallest absolute Gasteiger partial charge is 0.346 e. The summed E-state index contributed by atoms with van der Waals surface area (Å²) in [6.45, 7) is 1.93. The van der Waals surface area contributed by atoms with E-state index in [-0.39, 0.29) is 17.3 Å². The van der Waals surface area contributed by atoms with Gasteiger partial charge in [0.15, 0.2) is 6.20 Å². The van der Waals surface area contributed by atoms with E-state index >= 15 is 0 Å². The van der Waals surface area contributed by atoms with Crippen molar-refractivity contribution in [3.05, 3.63) is 34.3 Å². The van der Waals surface area contributed by atoms with Crippen molar-refractivity contribution >= 4 is 17.6 Å². The van der Waals surface area contributed by atoms with Crippen molar-refractivity contribution in [2.75, 3.05) is 6.61 Å². The molecule has 0 amide bonds. The third-order valence-corrected chi connectivity index (χ3v) is 1.77. The molecule has 5 heteroatoms. The van der Waals surface area contributed by atoms with Crippen LogP contribution in [0.4, 0.5) is 0 Å². The molecule has 0 N–H and O–H groups in total. The zero-order chi connectivity index (χ0) is 9.84. The molecule has 0 unspecified atom stereocenters. The number of halogens is 1. The molecular formula is C8H8ClNO3. The second-order valence-electron chi connectivity index (χ2n) is 2.26. The van der Waals surface area contributed by atoms with Gasteiger partial charge in [0.05, 0.1) is 6.61 Å². The molecular weight excluding hydrogens is 194 g/mol. The quantitative estimate of drug-likeness (QED) is 0.312. The van der Waals surface area contributed by atoms with E-state index < -0.39 is 5.97 Å². The summed E-state index contributed by atoms with van der Waals surface area (Å²) in [5.41, 5.74) is 0.0843. The third-order valence-electron chi connectivity index (χ3n) is 1.40. The normalized spacial score (nSPS) is 9.69. The maximum atomic E-state index is 11.2. The van der Waals surface area contributed by atoms with Crippen LogP contribution in [0.1, 0.15) is 17.3 Å². The van der Waals surface area contributed by atoms with Gasteiger partial charge in [0.25, 0.3) is 0 Å². The van der Waals surface area contributed by atoms with Crippen molar-refractivity contribution in [1.82, 2.24) is 0 Å². The van der Waals surface area contributed by atoms with Crippen molar-refractivity contribution in [2.24, 2.45) is 0 Å². The summed E-state index contributed by atoms with van der Waals surface area (Å²) < 4.78 is 5.10. The average molecular weight is 202 g/mol. The van der Waals surface area contributed by atoms with Gasteiger partial charge in [-0.3, -0.25) is 0 Å². The predicted molar refractivity (Wildman–Crippen MR) is 46.4 cm³/mol. The molecule has 0 saturated heterocycles. The first-order valence-electron chi connectivity index (χ1n) is 3.71. The maximum absolute atomic E-state index is 11.2. The zero-order valence-corrected chi connectivity index (χ0v) is 7.75. The van der Waals surface area contributed by atoms with Crippen LogP contribution in [0, 0.1) is 5.21 Å². The molecule has 0 aliphatic carbocycles. The highest BCUT2D eigenvalue weighted by Gasteiger charge is 2.17. The highest BCUT2D eigenvalue weighted by Crippen LogP contribution is 2.10. The van der Waals surface area contributed by atoms with E-state index in [4.69, 9.17) is 11.6 Å². The van der Waals surface area contributed by atoms with Crippen LogP contribution in [-0.4, -0.2) is 12.6 Å². The van der Waals surface area contributed by atoms with E-state index in [2.05, 4.69) is 4.74 Å². The Hall–Kier alpha value is -1.29. The van der Waals surface area contributed by atoms with E-state index in [1.165, 1.54) is 18.3 Å². The first-order valence-corrected chi connectivity index (χ1v) is 4.09. The number of esters is 1. The van der Waals surface area contributed by atoms with Crippen LogP contribution in [0.25, 0.3) is 0 Å². The molecule has 1 aromatic rings. The van der Waals surface area contributed by atoms with Gasteiger partial charge in [-0.25, -0.2) is 4.79 Å². The standard InChI is InChI=1S/C8H8ClNO3/c1-2-13-8(11)6-4-3-5-10(12)7(6)9/h3-5H,2H2,1H3. The van der Waals surface area contributed by atoms with Crippen molar-refractivity contribution < 1.29 is 14.3 Å². The van der Waals surface area contributed by atoms with Gasteiger partial charge in [-0.2, -0.15) is 4.73 Å². The number of pyridine rings is 1. The Morgan fingerprint density at radius 3 is 3.08 bits per heavy atom. The van der Waals surface area contributed by atoms with Crippen molar-refractivity contribution in [3.8, 4) is 0 Å². The van der Waals surface area contributed by atoms with Gasteiger partial charge in [-0.1, -0.05) is 0 Å². The molecule has 1 rings (SSSR count). The number of carbonyl (C=O) groups excluding carboxylic acids is 1. The molecule has 13 heavy (non-hydrogen) atoms. The van der Waals surface area contributed by atoms with Gasteiger partial charge in [0.1, 0.15) is 5.56 Å². The minimum atomic E-state index is -0.585. The average Bonchev–Trinajstić information content (AvgIpc) is 2.10. The molecule has 0 spiro atoms. The summed E-state index contributed by atoms with van der Waals surface area (Å²) >= 11 is 5.57. The number of carbonyl (C=O) groups is 1. The predicted octanol–water partition coefficient (Wildman–Crippen LogP) is 1.15. The molecule has 0 bridgehead atoms. The molecule has 0 aliphatic rings. The van der Waals surface area contributed by atoms with Gasteiger partial charge < -0.3 is 9.94 Å². The first kappa shape index (κ1) is 9.80. The van der Waals surface area contributed by atoms with Crippen LogP contribution < -0.4 is 4.73 Å². The molecule has 1 aromatic heterocycles. The fraction of sp³-hybridized carbons (Fsp3) is 0.250. The van der Waals surface area contributed by atoms with Crippen LogP contribution in [0.2, 0.25) is 5.15 Å². The second kappa shape index (κ2) is 4.09. The summed E-state index contributed by atoms with van der Waals surface area (Å²) in [5, 5.41) is 10.8. The lowest BCUT2D eigenvalue weighted by atomic mass is 10.3. The fourth-order valence-corrected chi connectivity index (χ4v) is 1.03. The molecule has 0 saturated carbocycles. The molecule has 1 heterocycles. The van der Waals surface area contributed by atoms with E-state index in [0.29, 0.717) is 4.73 Å². The fourth-order valence-electron chi connectivity index (χ4n) is 0.831. The Balaban J connectivity index is 3.01. The van der Waals surface area contributed by atoms with Gasteiger partial charge in [0.2, 0.25) is 0 Å². The van der Waals surface area contributed by atoms with Gasteiger partial charge in [-0.15, -0.1) is 0 Å². The van der Waals surface area contributed by atoms with E-state index in [1.807, 2.05) is 0 Å². The minimum absolute atomic E-state index is 0.0843. The highest BCUT2D eigenvalue weighted by atomic mass is 35.5. The Morgan fingerprint density at radius 1 is 1.77 bits per heavy atom. The van der Waals surface area contributed by atoms with Crippen LogP contribution >= 0.6 is 11.6 Å². The van der Waals surface area contributed by atoms with Crippen LogP contribution in [0.3, 0.4) is 0 Å². The van der Waals surface area contributed by atoms with Crippen molar-refractivity contribution in [3.63, 3.8) is 0 Å². The van der Waals surface area contributed by atoms with E-state index in [1.54, 1.807) is 6.92 Å². The summed E-state index contributed by atoms with van der Waals surface area (Å²) in [6, 6.07) is 2.87. The van der Waals surface area contributed by atoms with Gasteiger partial charge in [-0.05, 0) is 24.6 Å². The largest absolute Gasteiger partial charge is 0.618 e. The Morgan fingerprint density at radius 2 is 2.46 bits per heavy atom. The highest BCUT2D eigenvalue weighted by molar-refractivity contribution is 6.31. The molecule has 0 radical (unpaired) electrons. The zero-order valence-electron chi connectivity index (χ0n) is 6.99. The Kier molecular flexibility index (Phi) is 3.08. The van der Waals surface area contributed by atoms with Crippen LogP contribution in [0.15, 0.2) is 18.3 Å². The molecule has 0 aliphatic heterocycles. The number of rotatable bonds is 2. The van der Waals surface area contributed by atoms with Crippen molar-refractivity contribution in [2.45, 2.75) is 6.92 Å². The minimum Gasteiger partial charge on any atom is -0.618 e. The summed E-state index contributed by atoms with van der Waals surface area (Å²) in [6.07, 6.45) is 1.21. The summed E-state index contributed by atoms with van der Waals surface area (Å²) in [5.74, 6) is -0.585. The number of hydrogen-bond donors (Lipinski definition) is 0. The molecule has 0 aromatic carbocycles. The Bertz CT molecular complexity index is 327. The summed E-state index contributed by atoms with van der Waals surface area (Å²) in [7, 11) is 0. The first-order chi connectivity index (χ1) is 6.16. The van der Waals surface area contributed by atoms with Crippen LogP contribution in [0.5, 0.6) is 0 Å². The lowest BCUT2D eigenvalue weighted by Gasteiger charge is -2.03. The number of nitrogens with zero attached hydrogens (tertiary/aromatic N) is 1. The SMILES string of the molecule is CCOC(=O)c1ccc[n+]([O-])c1Cl. The third kappa shape index (κ3) is 2.09. The lowest BCUT2D eigenvalue weighted by molar-refractivity contribution is -0.603. The Labute approximate surface area is 80.3 Å². The number of ether oxygens (including phenoxy) is 1. The molecule has 0 atom stereocenters. The van der Waals surface area contributed by atoms with Gasteiger partial charge in [0, 0.05) is 6.07 Å². The molecule has 0 fully saturated rings. The lowest BCUT2D eigenvalue weighted by Crippen LogP contribution is -2.29. The maximum Gasteiger partial charge on any atom is 0.346 e. The number of aromatic nitrogens is 1. The number of hydrogen-bond acceptors (Lipinski definition) is 3. The monoisotopic (exact) mass is 201 g/mol. The van der Waals surface area contributed by atoms with E-state index in [0.717, 1.165) is 0 Å². The molecule has 70 valence electrons. The van der Waals surface area contributed by atoms with Gasteiger partial charge >= 0.3 is 11.1 Å². The molecule has 4 nitrogen and oxygen atoms in total. The van der Waals surface area contributed by atoms with Crippen molar-refractivity contribution in [1.29, 1.82) is 0 Å². The topological polar surface area (TPSA) is 53.2 Å². The van der Waals surface area contributed by atoms with E-state index in [9.17, 15) is 10.0 Å².